The van der Waals surface area contributed by atoms with E-state index in [1.54, 1.807) is 0 Å². The van der Waals surface area contributed by atoms with Gasteiger partial charge in [-0.25, -0.2) is 0 Å². The standard InChI is InChI=1S/C46H34Cl2N2/c1-31-19-23-39-35(27-31)11-9-17-43(39)49(37-13-5-3-6-14-37)45-25-21-33(29-41(45)47)34-22-26-46(42(48)30-34)50(38-15-7-4-8-16-38)44-18-10-12-36-28-32(2)20-24-40(36)44/h3-30H,1-2H3. The van der Waals surface area contributed by atoms with E-state index in [1.165, 1.54) is 21.9 Å². The molecule has 8 rings (SSSR count). The third kappa shape index (κ3) is 5.98. The molecular weight excluding hydrogens is 651 g/mol. The maximum Gasteiger partial charge on any atom is 0.0652 e. The highest BCUT2D eigenvalue weighted by Gasteiger charge is 2.21. The third-order valence-electron chi connectivity index (χ3n) is 9.25. The van der Waals surface area contributed by atoms with Gasteiger partial charge >= 0.3 is 0 Å². The van der Waals surface area contributed by atoms with Crippen molar-refractivity contribution in [3.63, 3.8) is 0 Å². The molecule has 0 spiro atoms. The fraction of sp³-hybridized carbons (Fsp3) is 0.0435. The van der Waals surface area contributed by atoms with E-state index < -0.39 is 0 Å². The highest BCUT2D eigenvalue weighted by molar-refractivity contribution is 6.35. The van der Waals surface area contributed by atoms with Gasteiger partial charge in [-0.15, -0.1) is 0 Å². The molecule has 0 saturated heterocycles. The third-order valence-corrected chi connectivity index (χ3v) is 9.85. The summed E-state index contributed by atoms with van der Waals surface area (Å²) >= 11 is 14.4. The Balaban J connectivity index is 1.21. The van der Waals surface area contributed by atoms with Crippen LogP contribution in [0.2, 0.25) is 10.0 Å². The Morgan fingerprint density at radius 2 is 0.780 bits per heavy atom. The zero-order valence-electron chi connectivity index (χ0n) is 27.8. The summed E-state index contributed by atoms with van der Waals surface area (Å²) in [5.74, 6) is 0. The first-order chi connectivity index (χ1) is 24.4. The van der Waals surface area contributed by atoms with Crippen LogP contribution in [0.3, 0.4) is 0 Å². The Morgan fingerprint density at radius 3 is 1.18 bits per heavy atom. The zero-order chi connectivity index (χ0) is 34.2. The highest BCUT2D eigenvalue weighted by Crippen LogP contribution is 2.45. The Bertz CT molecular complexity index is 2320. The van der Waals surface area contributed by atoms with E-state index in [4.69, 9.17) is 23.2 Å². The average Bonchev–Trinajstić information content (AvgIpc) is 3.14. The summed E-state index contributed by atoms with van der Waals surface area (Å²) in [6.07, 6.45) is 0. The Kier molecular flexibility index (Phi) is 8.50. The van der Waals surface area contributed by atoms with Gasteiger partial charge in [-0.2, -0.15) is 0 Å². The van der Waals surface area contributed by atoms with Crippen molar-refractivity contribution in [2.24, 2.45) is 0 Å². The Labute approximate surface area is 303 Å². The minimum Gasteiger partial charge on any atom is -0.308 e. The molecule has 0 amide bonds. The van der Waals surface area contributed by atoms with Gasteiger partial charge in [0.1, 0.15) is 0 Å². The van der Waals surface area contributed by atoms with Gasteiger partial charge in [0.05, 0.1) is 32.8 Å². The summed E-state index contributed by atoms with van der Waals surface area (Å²) in [6, 6.07) is 59.3. The second-order valence-corrected chi connectivity index (χ2v) is 13.5. The smallest absolute Gasteiger partial charge is 0.0652 e. The topological polar surface area (TPSA) is 6.48 Å². The molecule has 0 saturated carbocycles. The largest absolute Gasteiger partial charge is 0.308 e. The van der Waals surface area contributed by atoms with Crippen molar-refractivity contribution in [3.8, 4) is 11.1 Å². The van der Waals surface area contributed by atoms with Crippen molar-refractivity contribution in [2.45, 2.75) is 13.8 Å². The van der Waals surface area contributed by atoms with E-state index in [9.17, 15) is 0 Å². The molecule has 0 aliphatic carbocycles. The predicted molar refractivity (Wildman–Crippen MR) is 216 cm³/mol. The molecule has 0 radical (unpaired) electrons. The van der Waals surface area contributed by atoms with Crippen LogP contribution in [0.25, 0.3) is 32.7 Å². The van der Waals surface area contributed by atoms with Crippen molar-refractivity contribution < 1.29 is 0 Å². The molecule has 8 aromatic carbocycles. The van der Waals surface area contributed by atoms with Gasteiger partial charge in [0.25, 0.3) is 0 Å². The van der Waals surface area contributed by atoms with Crippen LogP contribution in [-0.2, 0) is 0 Å². The number of rotatable bonds is 7. The van der Waals surface area contributed by atoms with Gasteiger partial charge in [-0.1, -0.05) is 144 Å². The maximum absolute atomic E-state index is 7.22. The monoisotopic (exact) mass is 684 g/mol. The lowest BCUT2D eigenvalue weighted by atomic mass is 10.0. The molecule has 0 fully saturated rings. The van der Waals surface area contributed by atoms with Gasteiger partial charge < -0.3 is 9.80 Å². The van der Waals surface area contributed by atoms with Crippen molar-refractivity contribution >= 4 is 78.9 Å². The molecule has 8 aromatic rings. The molecule has 4 heteroatoms. The maximum atomic E-state index is 7.22. The lowest BCUT2D eigenvalue weighted by Crippen LogP contribution is -2.11. The van der Waals surface area contributed by atoms with Crippen LogP contribution < -0.4 is 9.80 Å². The number of anilines is 6. The summed E-state index contributed by atoms with van der Waals surface area (Å²) in [7, 11) is 0. The molecule has 50 heavy (non-hydrogen) atoms. The highest BCUT2D eigenvalue weighted by atomic mass is 35.5. The van der Waals surface area contributed by atoms with Crippen molar-refractivity contribution in [1.82, 2.24) is 0 Å². The lowest BCUT2D eigenvalue weighted by Gasteiger charge is -2.28. The minimum absolute atomic E-state index is 0.646. The predicted octanol–water partition coefficient (Wildman–Crippen LogP) is 14.5. The first kappa shape index (κ1) is 31.7. The fourth-order valence-electron chi connectivity index (χ4n) is 6.87. The summed E-state index contributed by atoms with van der Waals surface area (Å²) in [5.41, 5.74) is 10.4. The van der Waals surface area contributed by atoms with Gasteiger partial charge in [0, 0.05) is 22.1 Å². The van der Waals surface area contributed by atoms with E-state index in [0.717, 1.165) is 56.0 Å². The average molecular weight is 686 g/mol. The van der Waals surface area contributed by atoms with Gasteiger partial charge in [-0.3, -0.25) is 0 Å². The number of halogens is 2. The summed E-state index contributed by atoms with van der Waals surface area (Å²) in [4.78, 5) is 4.48. The Morgan fingerprint density at radius 1 is 0.360 bits per heavy atom. The van der Waals surface area contributed by atoms with E-state index in [1.807, 2.05) is 24.3 Å². The number of fused-ring (bicyclic) bond motifs is 2. The first-order valence-electron chi connectivity index (χ1n) is 16.7. The van der Waals surface area contributed by atoms with E-state index in [-0.39, 0.29) is 0 Å². The normalized spacial score (nSPS) is 11.2. The van der Waals surface area contributed by atoms with Crippen LogP contribution in [0.15, 0.2) is 170 Å². The number of nitrogens with zero attached hydrogens (tertiary/aromatic N) is 2. The van der Waals surface area contributed by atoms with E-state index in [0.29, 0.717) is 10.0 Å². The number of hydrogen-bond acceptors (Lipinski definition) is 2. The number of para-hydroxylation sites is 2. The zero-order valence-corrected chi connectivity index (χ0v) is 29.3. The molecule has 0 unspecified atom stereocenters. The van der Waals surface area contributed by atoms with E-state index in [2.05, 4.69) is 169 Å². The van der Waals surface area contributed by atoms with Crippen LogP contribution in [0.1, 0.15) is 11.1 Å². The van der Waals surface area contributed by atoms with Crippen LogP contribution in [-0.4, -0.2) is 0 Å². The van der Waals surface area contributed by atoms with Gasteiger partial charge in [-0.05, 0) is 96.4 Å². The summed E-state index contributed by atoms with van der Waals surface area (Å²) < 4.78 is 0. The van der Waals surface area contributed by atoms with Crippen LogP contribution in [0.4, 0.5) is 34.1 Å². The SMILES string of the molecule is Cc1ccc2c(N(c3ccccc3)c3ccc(-c4ccc(N(c5ccccc5)c5cccc6cc(C)ccc56)c(Cl)c4)cc3Cl)cccc2c1. The molecule has 0 aliphatic rings. The molecule has 0 atom stereocenters. The molecule has 242 valence electrons. The molecule has 0 N–H and O–H groups in total. The minimum atomic E-state index is 0.646. The van der Waals surface area contributed by atoms with Crippen molar-refractivity contribution in [2.75, 3.05) is 9.80 Å². The number of aryl methyl sites for hydroxylation is 2. The number of benzene rings is 8. The van der Waals surface area contributed by atoms with Gasteiger partial charge in [0.2, 0.25) is 0 Å². The second kappa shape index (κ2) is 13.4. The molecule has 0 aromatic heterocycles. The van der Waals surface area contributed by atoms with Crippen molar-refractivity contribution in [1.29, 1.82) is 0 Å². The van der Waals surface area contributed by atoms with Crippen molar-refractivity contribution in [3.05, 3.63) is 191 Å². The Hall–Kier alpha value is -5.54. The molecular formula is C46H34Cl2N2. The molecule has 0 heterocycles. The van der Waals surface area contributed by atoms with Crippen LogP contribution in [0.5, 0.6) is 0 Å². The second-order valence-electron chi connectivity index (χ2n) is 12.7. The van der Waals surface area contributed by atoms with E-state index >= 15 is 0 Å². The fourth-order valence-corrected chi connectivity index (χ4v) is 7.40. The molecule has 0 bridgehead atoms. The quantitative estimate of drug-likeness (QED) is 0.165. The number of hydrogen-bond donors (Lipinski definition) is 0. The molecule has 2 nitrogen and oxygen atoms in total. The first-order valence-corrected chi connectivity index (χ1v) is 17.5. The summed E-state index contributed by atoms with van der Waals surface area (Å²) in [6.45, 7) is 4.25. The summed E-state index contributed by atoms with van der Waals surface area (Å²) in [5, 5.41) is 5.99. The van der Waals surface area contributed by atoms with Gasteiger partial charge in [0.15, 0.2) is 0 Å². The van der Waals surface area contributed by atoms with Crippen LogP contribution >= 0.6 is 23.2 Å². The molecule has 0 aliphatic heterocycles. The lowest BCUT2D eigenvalue weighted by molar-refractivity contribution is 1.29. The van der Waals surface area contributed by atoms with Crippen LogP contribution in [0, 0.1) is 13.8 Å².